The highest BCUT2D eigenvalue weighted by Crippen LogP contribution is 2.51. The highest BCUT2D eigenvalue weighted by molar-refractivity contribution is 6.18. The largest absolute Gasteiger partial charge is 0.294 e. The Kier molecular flexibility index (Phi) is 8.48. The van der Waals surface area contributed by atoms with Crippen LogP contribution in [-0.2, 0) is 0 Å². The van der Waals surface area contributed by atoms with Gasteiger partial charge in [-0.15, -0.1) is 0 Å². The van der Waals surface area contributed by atoms with E-state index in [4.69, 9.17) is 0 Å². The number of carbonyl (C=O) groups excluding carboxylic acids is 8. The van der Waals surface area contributed by atoms with E-state index in [2.05, 4.69) is 0 Å². The van der Waals surface area contributed by atoms with Gasteiger partial charge in [-0.25, -0.2) is 0 Å². The number of rotatable bonds is 8. The Bertz CT molecular complexity index is 1740. The molecule has 0 atom stereocenters. The van der Waals surface area contributed by atoms with Crippen molar-refractivity contribution in [3.05, 3.63) is 93.0 Å². The molecule has 0 unspecified atom stereocenters. The average molecular weight is 641 g/mol. The number of ketones is 8. The molecule has 0 aliphatic heterocycles. The van der Waals surface area contributed by atoms with Crippen molar-refractivity contribution in [2.24, 2.45) is 0 Å². The van der Waals surface area contributed by atoms with Crippen molar-refractivity contribution in [2.75, 3.05) is 0 Å². The Morgan fingerprint density at radius 2 is 0.312 bits per heavy atom. The molecule has 0 saturated heterocycles. The molecule has 0 radical (unpaired) electrons. The molecule has 0 aromatic heterocycles. The van der Waals surface area contributed by atoms with Crippen LogP contribution >= 0.6 is 0 Å². The minimum absolute atomic E-state index is 0.123. The summed E-state index contributed by atoms with van der Waals surface area (Å²) in [5.74, 6) is -3.11. The van der Waals surface area contributed by atoms with Gasteiger partial charge in [-0.05, 0) is 148 Å². The van der Waals surface area contributed by atoms with Gasteiger partial charge in [0.05, 0.1) is 0 Å². The third kappa shape index (κ3) is 5.49. The lowest BCUT2D eigenvalue weighted by atomic mass is 9.75. The van der Waals surface area contributed by atoms with E-state index in [9.17, 15) is 38.4 Å². The molecule has 8 heteroatoms. The van der Waals surface area contributed by atoms with Crippen LogP contribution in [0.5, 0.6) is 0 Å². The van der Waals surface area contributed by atoms with Gasteiger partial charge in [0.1, 0.15) is 0 Å². The van der Waals surface area contributed by atoms with Crippen LogP contribution in [-0.4, -0.2) is 46.3 Å². The normalized spacial score (nSPS) is 11.2. The van der Waals surface area contributed by atoms with Crippen molar-refractivity contribution in [1.29, 1.82) is 0 Å². The molecule has 48 heavy (non-hydrogen) atoms. The van der Waals surface area contributed by atoms with Gasteiger partial charge >= 0.3 is 0 Å². The van der Waals surface area contributed by atoms with E-state index in [1.54, 1.807) is 48.5 Å². The van der Waals surface area contributed by atoms with E-state index >= 15 is 0 Å². The lowest BCUT2D eigenvalue weighted by Gasteiger charge is -2.27. The molecule has 4 aromatic carbocycles. The van der Waals surface area contributed by atoms with E-state index in [0.717, 1.165) is 0 Å². The summed E-state index contributed by atoms with van der Waals surface area (Å²) < 4.78 is 0. The maximum atomic E-state index is 13.0. The minimum Gasteiger partial charge on any atom is -0.294 e. The van der Waals surface area contributed by atoms with E-state index in [0.29, 0.717) is 44.5 Å². The lowest BCUT2D eigenvalue weighted by Crippen LogP contribution is -2.12. The van der Waals surface area contributed by atoms with Crippen LogP contribution in [0.1, 0.15) is 138 Å². The Hall–Kier alpha value is -5.76. The second-order valence-electron chi connectivity index (χ2n) is 12.2. The van der Waals surface area contributed by atoms with Crippen LogP contribution in [0, 0.1) is 0 Å². The Balaban J connectivity index is 2.19. The fraction of sp³-hybridized carbons (Fsp3) is 0.200. The fourth-order valence-electron chi connectivity index (χ4n) is 6.51. The number of carbonyl (C=O) groups is 8. The van der Waals surface area contributed by atoms with E-state index < -0.39 is 0 Å². The molecule has 0 amide bonds. The maximum Gasteiger partial charge on any atom is 0.160 e. The van der Waals surface area contributed by atoms with Gasteiger partial charge in [0.25, 0.3) is 0 Å². The zero-order chi connectivity index (χ0) is 35.5. The molecule has 1 aliphatic rings. The first-order valence-electron chi connectivity index (χ1n) is 15.3. The number of Topliss-reactive ketones (excluding diaryl/α,β-unsaturated/α-hetero) is 8. The summed E-state index contributed by atoms with van der Waals surface area (Å²) in [6.07, 6.45) is 0. The quantitative estimate of drug-likeness (QED) is 0.155. The summed E-state index contributed by atoms with van der Waals surface area (Å²) in [6, 6.07) is 12.5. The number of benzene rings is 4. The van der Waals surface area contributed by atoms with Gasteiger partial charge in [-0.2, -0.15) is 0 Å². The molecule has 0 bridgehead atoms. The molecule has 1 aliphatic carbocycles. The molecular weight excluding hydrogens is 608 g/mol. The van der Waals surface area contributed by atoms with Crippen LogP contribution in [0.25, 0.3) is 44.5 Å². The molecule has 5 rings (SSSR count). The topological polar surface area (TPSA) is 137 Å². The van der Waals surface area contributed by atoms with Crippen LogP contribution in [0.15, 0.2) is 48.5 Å². The van der Waals surface area contributed by atoms with Crippen molar-refractivity contribution in [1.82, 2.24) is 0 Å². The van der Waals surface area contributed by atoms with Crippen molar-refractivity contribution < 1.29 is 38.4 Å². The summed E-state index contributed by atoms with van der Waals surface area (Å²) in [5.41, 5.74) is 4.28. The van der Waals surface area contributed by atoms with E-state index in [1.165, 1.54) is 55.4 Å². The standard InChI is InChI=1S/C40H32O8/c1-17(41)25-9-33-34(10-26(25)18(2)42)36-12-28(20(4)44)30(22(6)46)14-38(36)40-16-32(24(8)48)31(23(7)47)15-39(40)37-13-29(21(5)45)27(19(3)43)11-35(33)37/h9-16H,1-8H3. The first kappa shape index (κ1) is 33.6. The summed E-state index contributed by atoms with van der Waals surface area (Å²) in [6.45, 7) is 10.6. The van der Waals surface area contributed by atoms with Crippen molar-refractivity contribution in [3.63, 3.8) is 0 Å². The number of hydrogen-bond acceptors (Lipinski definition) is 8. The lowest BCUT2D eigenvalue weighted by molar-refractivity contribution is 0.0980. The minimum atomic E-state index is -0.388. The highest BCUT2D eigenvalue weighted by atomic mass is 16.2. The zero-order valence-corrected chi connectivity index (χ0v) is 27.9. The van der Waals surface area contributed by atoms with Crippen LogP contribution < -0.4 is 0 Å². The molecule has 0 spiro atoms. The predicted octanol–water partition coefficient (Wildman–Crippen LogP) is 8.29. The van der Waals surface area contributed by atoms with Gasteiger partial charge in [0.2, 0.25) is 0 Å². The van der Waals surface area contributed by atoms with E-state index in [1.807, 2.05) is 0 Å². The van der Waals surface area contributed by atoms with Crippen molar-refractivity contribution in [3.8, 4) is 44.5 Å². The van der Waals surface area contributed by atoms with Gasteiger partial charge < -0.3 is 0 Å². The Labute approximate surface area is 277 Å². The van der Waals surface area contributed by atoms with Crippen LogP contribution in [0.3, 0.4) is 0 Å². The number of hydrogen-bond donors (Lipinski definition) is 0. The monoisotopic (exact) mass is 640 g/mol. The molecule has 8 nitrogen and oxygen atoms in total. The second kappa shape index (κ2) is 12.1. The molecule has 0 heterocycles. The number of fused-ring (bicyclic) bond motifs is 8. The summed E-state index contributed by atoms with van der Waals surface area (Å²) in [4.78, 5) is 104. The van der Waals surface area contributed by atoms with Crippen molar-refractivity contribution >= 4 is 46.3 Å². The molecule has 240 valence electrons. The molecule has 0 fully saturated rings. The summed E-state index contributed by atoms with van der Waals surface area (Å²) in [7, 11) is 0. The first-order chi connectivity index (χ1) is 22.4. The average Bonchev–Trinajstić information content (AvgIpc) is 3.01. The maximum absolute atomic E-state index is 13.0. The third-order valence-electron chi connectivity index (χ3n) is 8.83. The third-order valence-corrected chi connectivity index (χ3v) is 8.83. The molecule has 4 aromatic rings. The Morgan fingerprint density at radius 3 is 0.375 bits per heavy atom. The summed E-state index contributed by atoms with van der Waals surface area (Å²) >= 11 is 0. The predicted molar refractivity (Wildman–Crippen MR) is 182 cm³/mol. The second-order valence-corrected chi connectivity index (χ2v) is 12.2. The van der Waals surface area contributed by atoms with E-state index in [-0.39, 0.29) is 90.8 Å². The van der Waals surface area contributed by atoms with Crippen molar-refractivity contribution in [2.45, 2.75) is 55.4 Å². The van der Waals surface area contributed by atoms with Crippen LogP contribution in [0.2, 0.25) is 0 Å². The SMILES string of the molecule is CC(=O)c1cc2c(cc1C(C)=O)-c1cc(C(C)=O)c(C(C)=O)cc1-c1cc(C(C)=O)c(C(C)=O)cc1-c1cc(C(C)=O)c(C(C)=O)cc1-2. The van der Waals surface area contributed by atoms with Gasteiger partial charge in [0.15, 0.2) is 46.3 Å². The molecule has 0 N–H and O–H groups in total. The fourth-order valence-corrected chi connectivity index (χ4v) is 6.51. The highest BCUT2D eigenvalue weighted by Gasteiger charge is 2.31. The summed E-state index contributed by atoms with van der Waals surface area (Å²) in [5, 5.41) is 0. The molecule has 0 saturated carbocycles. The van der Waals surface area contributed by atoms with Crippen LogP contribution in [0.4, 0.5) is 0 Å². The van der Waals surface area contributed by atoms with Gasteiger partial charge in [0, 0.05) is 44.5 Å². The molecular formula is C40H32O8. The smallest absolute Gasteiger partial charge is 0.160 e. The first-order valence-corrected chi connectivity index (χ1v) is 15.3. The van der Waals surface area contributed by atoms with Gasteiger partial charge in [-0.1, -0.05) is 0 Å². The zero-order valence-electron chi connectivity index (χ0n) is 27.9. The Morgan fingerprint density at radius 1 is 0.229 bits per heavy atom. The van der Waals surface area contributed by atoms with Gasteiger partial charge in [-0.3, -0.25) is 38.4 Å².